The van der Waals surface area contributed by atoms with Gasteiger partial charge in [0.25, 0.3) is 9.05 Å². The van der Waals surface area contributed by atoms with Crippen LogP contribution in [-0.4, -0.2) is 29.4 Å². The molecule has 0 fully saturated rings. The van der Waals surface area contributed by atoms with Gasteiger partial charge in [-0.1, -0.05) is 20.8 Å². The lowest BCUT2D eigenvalue weighted by molar-refractivity contribution is -0.123. The fourth-order valence-electron chi connectivity index (χ4n) is 1.77. The van der Waals surface area contributed by atoms with E-state index in [2.05, 4.69) is 10.3 Å². The molecule has 0 aliphatic carbocycles. The maximum atomic E-state index is 12.1. The van der Waals surface area contributed by atoms with Crippen molar-refractivity contribution in [3.63, 3.8) is 0 Å². The Hall–Kier alpha value is -1.08. The summed E-state index contributed by atoms with van der Waals surface area (Å²) in [4.78, 5) is 16.1. The van der Waals surface area contributed by atoms with Gasteiger partial charge in [-0.15, -0.1) is 0 Å². The molecule has 0 aromatic carbocycles. The Labute approximate surface area is 130 Å². The third kappa shape index (κ3) is 5.00. The molecule has 0 aliphatic rings. The lowest BCUT2D eigenvalue weighted by Crippen LogP contribution is -2.44. The number of carbonyl (C=O) groups is 1. The van der Waals surface area contributed by atoms with E-state index in [-0.39, 0.29) is 28.9 Å². The van der Waals surface area contributed by atoms with Crippen LogP contribution in [0, 0.1) is 0 Å². The van der Waals surface area contributed by atoms with Crippen molar-refractivity contribution in [2.45, 2.75) is 64.1 Å². The highest BCUT2D eigenvalue weighted by atomic mass is 35.7. The number of halogens is 1. The average Bonchev–Trinajstić information content (AvgIpc) is 2.71. The molecule has 1 amide bonds. The summed E-state index contributed by atoms with van der Waals surface area (Å²) >= 11 is 0. The highest BCUT2D eigenvalue weighted by molar-refractivity contribution is 8.13. The number of nitrogens with zero attached hydrogens (tertiary/aromatic N) is 2. The topological polar surface area (TPSA) is 81.1 Å². The van der Waals surface area contributed by atoms with Crippen LogP contribution in [0.5, 0.6) is 0 Å². The van der Waals surface area contributed by atoms with Gasteiger partial charge >= 0.3 is 0 Å². The zero-order chi connectivity index (χ0) is 16.4. The smallest absolute Gasteiger partial charge is 0.280 e. The van der Waals surface area contributed by atoms with Crippen molar-refractivity contribution in [3.05, 3.63) is 12.0 Å². The van der Waals surface area contributed by atoms with E-state index in [0.717, 1.165) is 6.42 Å². The third-order valence-corrected chi connectivity index (χ3v) is 4.40. The molecule has 0 radical (unpaired) electrons. The first kappa shape index (κ1) is 18.0. The van der Waals surface area contributed by atoms with E-state index in [0.29, 0.717) is 5.82 Å². The van der Waals surface area contributed by atoms with Crippen molar-refractivity contribution in [3.8, 4) is 0 Å². The van der Waals surface area contributed by atoms with E-state index < -0.39 is 9.05 Å². The number of hydrogen-bond acceptors (Lipinski definition) is 4. The van der Waals surface area contributed by atoms with E-state index in [1.165, 1.54) is 10.8 Å². The molecule has 0 atom stereocenters. The molecule has 0 saturated carbocycles. The van der Waals surface area contributed by atoms with Gasteiger partial charge in [0.05, 0.1) is 0 Å². The Kier molecular flexibility index (Phi) is 5.44. The number of carbonyl (C=O) groups excluding carboxylic acids is 1. The van der Waals surface area contributed by atoms with Gasteiger partial charge in [-0.3, -0.25) is 4.79 Å². The molecule has 6 nitrogen and oxygen atoms in total. The number of rotatable bonds is 6. The lowest BCUT2D eigenvalue weighted by Gasteiger charge is -2.24. The van der Waals surface area contributed by atoms with Crippen LogP contribution < -0.4 is 5.32 Å². The molecule has 1 heterocycles. The molecule has 1 aromatic rings. The van der Waals surface area contributed by atoms with Crippen molar-refractivity contribution in [1.82, 2.24) is 14.9 Å². The van der Waals surface area contributed by atoms with Gasteiger partial charge in [0.1, 0.15) is 12.4 Å². The van der Waals surface area contributed by atoms with E-state index >= 15 is 0 Å². The van der Waals surface area contributed by atoms with Crippen LogP contribution >= 0.6 is 10.7 Å². The summed E-state index contributed by atoms with van der Waals surface area (Å²) in [6.07, 6.45) is 2.09. The summed E-state index contributed by atoms with van der Waals surface area (Å²) in [7, 11) is 1.40. The zero-order valence-electron chi connectivity index (χ0n) is 13.0. The minimum atomic E-state index is -3.91. The molecule has 1 N–H and O–H groups in total. The second-order valence-corrected chi connectivity index (χ2v) is 8.46. The first-order chi connectivity index (χ1) is 9.46. The van der Waals surface area contributed by atoms with Gasteiger partial charge in [0, 0.05) is 28.3 Å². The van der Waals surface area contributed by atoms with Gasteiger partial charge in [-0.05, 0) is 20.3 Å². The number of amides is 1. The Morgan fingerprint density at radius 2 is 2.05 bits per heavy atom. The number of imidazole rings is 1. The first-order valence-corrected chi connectivity index (χ1v) is 9.10. The van der Waals surface area contributed by atoms with Gasteiger partial charge < -0.3 is 9.88 Å². The van der Waals surface area contributed by atoms with E-state index in [1.54, 1.807) is 0 Å². The number of nitrogens with one attached hydrogen (secondary N) is 1. The summed E-state index contributed by atoms with van der Waals surface area (Å²) in [6, 6.07) is 0. The molecule has 0 aliphatic heterocycles. The van der Waals surface area contributed by atoms with Crippen LogP contribution in [0.1, 0.15) is 52.8 Å². The van der Waals surface area contributed by atoms with Gasteiger partial charge in [-0.25, -0.2) is 13.4 Å². The molecule has 0 unspecified atom stereocenters. The highest BCUT2D eigenvalue weighted by Gasteiger charge is 2.22. The van der Waals surface area contributed by atoms with Crippen LogP contribution in [-0.2, 0) is 20.4 Å². The predicted molar refractivity (Wildman–Crippen MR) is 81.9 cm³/mol. The molecular formula is C13H22ClN3O3S. The van der Waals surface area contributed by atoms with E-state index in [4.69, 9.17) is 10.7 Å². The van der Waals surface area contributed by atoms with E-state index in [1.807, 2.05) is 34.6 Å². The Morgan fingerprint density at radius 1 is 1.48 bits per heavy atom. The summed E-state index contributed by atoms with van der Waals surface area (Å²) < 4.78 is 24.3. The molecule has 1 aromatic heterocycles. The van der Waals surface area contributed by atoms with Gasteiger partial charge in [-0.2, -0.15) is 0 Å². The fourth-order valence-corrected chi connectivity index (χ4v) is 2.45. The third-order valence-electron chi connectivity index (χ3n) is 3.23. The largest absolute Gasteiger partial charge is 0.350 e. The second-order valence-electron chi connectivity index (χ2n) is 5.94. The quantitative estimate of drug-likeness (QED) is 0.808. The molecule has 0 spiro atoms. The number of aromatic nitrogens is 2. The van der Waals surface area contributed by atoms with Crippen LogP contribution in [0.15, 0.2) is 11.2 Å². The lowest BCUT2D eigenvalue weighted by atomic mass is 10.0. The van der Waals surface area contributed by atoms with Crippen molar-refractivity contribution >= 4 is 25.6 Å². The minimum Gasteiger partial charge on any atom is -0.350 e. The Morgan fingerprint density at radius 3 is 2.48 bits per heavy atom. The van der Waals surface area contributed by atoms with Crippen LogP contribution in [0.25, 0.3) is 0 Å². The van der Waals surface area contributed by atoms with Crippen molar-refractivity contribution in [2.24, 2.45) is 0 Å². The van der Waals surface area contributed by atoms with Crippen LogP contribution in [0.3, 0.4) is 0 Å². The molecular weight excluding hydrogens is 314 g/mol. The minimum absolute atomic E-state index is 0.0103. The fraction of sp³-hybridized carbons (Fsp3) is 0.692. The monoisotopic (exact) mass is 335 g/mol. The molecule has 120 valence electrons. The summed E-state index contributed by atoms with van der Waals surface area (Å²) in [5.41, 5.74) is -0.308. The normalized spacial score (nSPS) is 12.7. The molecule has 0 bridgehead atoms. The second kappa shape index (κ2) is 6.36. The summed E-state index contributed by atoms with van der Waals surface area (Å²) in [6.45, 7) is 9.59. The average molecular weight is 336 g/mol. The zero-order valence-corrected chi connectivity index (χ0v) is 14.5. The Balaban J connectivity index is 3.02. The number of hydrogen-bond donors (Lipinski definition) is 1. The molecule has 1 rings (SSSR count). The van der Waals surface area contributed by atoms with Crippen LogP contribution in [0.2, 0.25) is 0 Å². The van der Waals surface area contributed by atoms with Crippen molar-refractivity contribution < 1.29 is 13.2 Å². The van der Waals surface area contributed by atoms with Crippen molar-refractivity contribution in [2.75, 3.05) is 0 Å². The maximum absolute atomic E-state index is 12.1. The van der Waals surface area contributed by atoms with Crippen molar-refractivity contribution in [1.29, 1.82) is 0 Å². The maximum Gasteiger partial charge on any atom is 0.280 e. The summed E-state index contributed by atoms with van der Waals surface area (Å²) in [5.74, 6) is 0.294. The first-order valence-electron chi connectivity index (χ1n) is 6.79. The SMILES string of the molecule is CCC(C)(C)NC(=O)Cn1cc(S(=O)(=O)Cl)nc1C(C)C. The van der Waals surface area contributed by atoms with Gasteiger partial charge in [0.15, 0.2) is 5.03 Å². The predicted octanol–water partition coefficient (Wildman–Crippen LogP) is 2.24. The molecule has 0 saturated heterocycles. The van der Waals surface area contributed by atoms with E-state index in [9.17, 15) is 13.2 Å². The Bertz CT molecular complexity index is 621. The highest BCUT2D eigenvalue weighted by Crippen LogP contribution is 2.20. The summed E-state index contributed by atoms with van der Waals surface area (Å²) in [5, 5.41) is 2.67. The molecule has 21 heavy (non-hydrogen) atoms. The molecule has 8 heteroatoms. The van der Waals surface area contributed by atoms with Crippen LogP contribution in [0.4, 0.5) is 0 Å². The standard InChI is InChI=1S/C13H22ClN3O3S/c1-6-13(4,5)16-10(18)7-17-8-11(21(14,19)20)15-12(17)9(2)3/h8-9H,6-7H2,1-5H3,(H,16,18). The van der Waals surface area contributed by atoms with Gasteiger partial charge in [0.2, 0.25) is 5.91 Å².